The van der Waals surface area contributed by atoms with Crippen molar-refractivity contribution >= 4 is 9.84 Å². The first-order valence-corrected chi connectivity index (χ1v) is 7.76. The molecule has 0 bridgehead atoms. The highest BCUT2D eigenvalue weighted by molar-refractivity contribution is 7.90. The van der Waals surface area contributed by atoms with E-state index in [1.165, 1.54) is 11.8 Å². The summed E-state index contributed by atoms with van der Waals surface area (Å²) in [4.78, 5) is 0. The third-order valence-electron chi connectivity index (χ3n) is 2.59. The molecule has 0 radical (unpaired) electrons. The van der Waals surface area contributed by atoms with E-state index in [2.05, 4.69) is 19.9 Å². The van der Waals surface area contributed by atoms with Gasteiger partial charge in [0, 0.05) is 6.26 Å². The lowest BCUT2D eigenvalue weighted by Gasteiger charge is -2.12. The monoisotopic (exact) mass is 256 g/mol. The fraction of sp³-hybridized carbons (Fsp3) is 0.538. The molecular weight excluding hydrogens is 236 g/mol. The predicted molar refractivity (Wildman–Crippen MR) is 70.5 cm³/mol. The molecule has 0 N–H and O–H groups in total. The smallest absolute Gasteiger partial charge is 0.150 e. The first kappa shape index (κ1) is 14.0. The summed E-state index contributed by atoms with van der Waals surface area (Å²) in [6.45, 7) is 6.40. The van der Waals surface area contributed by atoms with Crippen LogP contribution in [0.2, 0.25) is 0 Å². The molecule has 0 atom stereocenters. The fourth-order valence-electron chi connectivity index (χ4n) is 1.43. The van der Waals surface area contributed by atoms with E-state index in [4.69, 9.17) is 4.74 Å². The van der Waals surface area contributed by atoms with Crippen LogP contribution in [0.1, 0.15) is 30.9 Å². The third-order valence-corrected chi connectivity index (χ3v) is 3.50. The van der Waals surface area contributed by atoms with Gasteiger partial charge in [-0.3, -0.25) is 0 Å². The Labute approximate surface area is 104 Å². The van der Waals surface area contributed by atoms with Gasteiger partial charge in [0.05, 0.1) is 5.75 Å². The molecule has 3 nitrogen and oxygen atoms in total. The molecule has 17 heavy (non-hydrogen) atoms. The standard InChI is InChI=1S/C13H20O3S/c1-10(2)12-6-5-11(3)13(9-12)16-7-8-17(4,14)15/h5-6,9-10H,7-8H2,1-4H3. The van der Waals surface area contributed by atoms with Crippen LogP contribution in [0.15, 0.2) is 18.2 Å². The topological polar surface area (TPSA) is 43.4 Å². The van der Waals surface area contributed by atoms with E-state index in [9.17, 15) is 8.42 Å². The molecule has 0 saturated heterocycles. The van der Waals surface area contributed by atoms with Gasteiger partial charge in [0.2, 0.25) is 0 Å². The van der Waals surface area contributed by atoms with E-state index >= 15 is 0 Å². The highest BCUT2D eigenvalue weighted by Crippen LogP contribution is 2.24. The largest absolute Gasteiger partial charge is 0.492 e. The summed E-state index contributed by atoms with van der Waals surface area (Å²) < 4.78 is 27.5. The van der Waals surface area contributed by atoms with Crippen molar-refractivity contribution in [3.8, 4) is 5.75 Å². The molecule has 0 saturated carbocycles. The number of hydrogen-bond acceptors (Lipinski definition) is 3. The number of hydrogen-bond donors (Lipinski definition) is 0. The van der Waals surface area contributed by atoms with Crippen molar-refractivity contribution in [1.29, 1.82) is 0 Å². The van der Waals surface area contributed by atoms with Gasteiger partial charge in [0.15, 0.2) is 9.84 Å². The summed E-state index contributed by atoms with van der Waals surface area (Å²) in [7, 11) is -2.96. The average Bonchev–Trinajstić information content (AvgIpc) is 2.18. The molecule has 1 rings (SSSR count). The summed E-state index contributed by atoms with van der Waals surface area (Å²) in [6.07, 6.45) is 1.22. The molecule has 0 aromatic heterocycles. The van der Waals surface area contributed by atoms with Crippen molar-refractivity contribution in [2.45, 2.75) is 26.7 Å². The zero-order valence-corrected chi connectivity index (χ0v) is 11.7. The maximum absolute atomic E-state index is 11.0. The molecule has 1 aromatic rings. The van der Waals surface area contributed by atoms with E-state index in [0.29, 0.717) is 5.92 Å². The lowest BCUT2D eigenvalue weighted by molar-refractivity contribution is 0.338. The molecule has 0 amide bonds. The van der Waals surface area contributed by atoms with Crippen LogP contribution in [0.5, 0.6) is 5.75 Å². The summed E-state index contributed by atoms with van der Waals surface area (Å²) in [5, 5.41) is 0. The highest BCUT2D eigenvalue weighted by atomic mass is 32.2. The van der Waals surface area contributed by atoms with E-state index in [1.54, 1.807) is 0 Å². The van der Waals surface area contributed by atoms with Gasteiger partial charge < -0.3 is 4.74 Å². The maximum atomic E-state index is 11.0. The summed E-state index contributed by atoms with van der Waals surface area (Å²) in [6, 6.07) is 6.07. The Kier molecular flexibility index (Phi) is 4.57. The average molecular weight is 256 g/mol. The molecule has 1 aromatic carbocycles. The molecule has 0 fully saturated rings. The Morgan fingerprint density at radius 1 is 1.29 bits per heavy atom. The van der Waals surface area contributed by atoms with Gasteiger partial charge in [-0.25, -0.2) is 8.42 Å². The van der Waals surface area contributed by atoms with Gasteiger partial charge in [-0.2, -0.15) is 0 Å². The molecular formula is C13H20O3S. The van der Waals surface area contributed by atoms with Crippen molar-refractivity contribution < 1.29 is 13.2 Å². The van der Waals surface area contributed by atoms with E-state index < -0.39 is 9.84 Å². The van der Waals surface area contributed by atoms with Crippen molar-refractivity contribution in [3.05, 3.63) is 29.3 Å². The number of benzene rings is 1. The minimum atomic E-state index is -2.96. The molecule has 0 unspecified atom stereocenters. The zero-order valence-electron chi connectivity index (χ0n) is 10.9. The molecule has 0 spiro atoms. The summed E-state index contributed by atoms with van der Waals surface area (Å²) in [5.74, 6) is 1.27. The first-order chi connectivity index (χ1) is 7.79. The van der Waals surface area contributed by atoms with E-state index in [-0.39, 0.29) is 12.4 Å². The Balaban J connectivity index is 2.73. The van der Waals surface area contributed by atoms with Crippen LogP contribution in [0.25, 0.3) is 0 Å². The second-order valence-electron chi connectivity index (χ2n) is 4.66. The SMILES string of the molecule is Cc1ccc(C(C)C)cc1OCCS(C)(=O)=O. The highest BCUT2D eigenvalue weighted by Gasteiger charge is 2.07. The van der Waals surface area contributed by atoms with Crippen LogP contribution in [0.3, 0.4) is 0 Å². The lowest BCUT2D eigenvalue weighted by atomic mass is 10.0. The van der Waals surface area contributed by atoms with Crippen molar-refractivity contribution in [2.75, 3.05) is 18.6 Å². The van der Waals surface area contributed by atoms with Gasteiger partial charge in [-0.05, 0) is 30.0 Å². The quantitative estimate of drug-likeness (QED) is 0.813. The Bertz CT molecular complexity index is 475. The normalized spacial score (nSPS) is 11.8. The van der Waals surface area contributed by atoms with Gasteiger partial charge in [-0.1, -0.05) is 26.0 Å². The van der Waals surface area contributed by atoms with Crippen LogP contribution in [-0.4, -0.2) is 27.0 Å². The second-order valence-corrected chi connectivity index (χ2v) is 6.92. The second kappa shape index (κ2) is 5.54. The minimum absolute atomic E-state index is 0.0539. The van der Waals surface area contributed by atoms with E-state index in [1.807, 2.05) is 19.1 Å². The Hall–Kier alpha value is -1.03. The van der Waals surface area contributed by atoms with Crippen molar-refractivity contribution in [1.82, 2.24) is 0 Å². The number of rotatable bonds is 5. The summed E-state index contributed by atoms with van der Waals surface area (Å²) >= 11 is 0. The molecule has 4 heteroatoms. The van der Waals surface area contributed by atoms with Crippen LogP contribution in [0, 0.1) is 6.92 Å². The molecule has 0 aliphatic heterocycles. The number of sulfone groups is 1. The predicted octanol–water partition coefficient (Wildman–Crippen LogP) is 2.54. The fourth-order valence-corrected chi connectivity index (χ4v) is 1.82. The summed E-state index contributed by atoms with van der Waals surface area (Å²) in [5.41, 5.74) is 2.23. The van der Waals surface area contributed by atoms with E-state index in [0.717, 1.165) is 11.3 Å². The zero-order chi connectivity index (χ0) is 13.1. The first-order valence-electron chi connectivity index (χ1n) is 5.70. The molecule has 0 aliphatic rings. The van der Waals surface area contributed by atoms with Gasteiger partial charge in [0.1, 0.15) is 12.4 Å². The van der Waals surface area contributed by atoms with Gasteiger partial charge >= 0.3 is 0 Å². The number of aryl methyl sites for hydroxylation is 1. The molecule has 96 valence electrons. The van der Waals surface area contributed by atoms with Crippen molar-refractivity contribution in [3.63, 3.8) is 0 Å². The third kappa shape index (κ3) is 4.77. The van der Waals surface area contributed by atoms with Gasteiger partial charge in [-0.15, -0.1) is 0 Å². The maximum Gasteiger partial charge on any atom is 0.150 e. The van der Waals surface area contributed by atoms with Crippen LogP contribution in [-0.2, 0) is 9.84 Å². The van der Waals surface area contributed by atoms with Crippen LogP contribution >= 0.6 is 0 Å². The van der Waals surface area contributed by atoms with Crippen LogP contribution in [0.4, 0.5) is 0 Å². The lowest BCUT2D eigenvalue weighted by Crippen LogP contribution is -2.12. The van der Waals surface area contributed by atoms with Gasteiger partial charge in [0.25, 0.3) is 0 Å². The van der Waals surface area contributed by atoms with Crippen molar-refractivity contribution in [2.24, 2.45) is 0 Å². The molecule has 0 aliphatic carbocycles. The van der Waals surface area contributed by atoms with Crippen LogP contribution < -0.4 is 4.74 Å². The Morgan fingerprint density at radius 3 is 2.47 bits per heavy atom. The number of ether oxygens (including phenoxy) is 1. The minimum Gasteiger partial charge on any atom is -0.492 e. The molecule has 0 heterocycles. The Morgan fingerprint density at radius 2 is 1.94 bits per heavy atom.